The van der Waals surface area contributed by atoms with Crippen molar-refractivity contribution in [2.75, 3.05) is 18.3 Å². The van der Waals surface area contributed by atoms with Gasteiger partial charge in [0.15, 0.2) is 12.0 Å². The average molecular weight is 503 g/mol. The highest BCUT2D eigenvalue weighted by Crippen LogP contribution is 2.45. The number of halogens is 1. The van der Waals surface area contributed by atoms with Crippen molar-refractivity contribution in [1.82, 2.24) is 14.5 Å². The van der Waals surface area contributed by atoms with Gasteiger partial charge in [0.25, 0.3) is 0 Å². The molecule has 0 bridgehead atoms. The number of anilines is 1. The van der Waals surface area contributed by atoms with Gasteiger partial charge in [-0.05, 0) is 44.4 Å². The van der Waals surface area contributed by atoms with Crippen molar-refractivity contribution in [3.63, 3.8) is 0 Å². The van der Waals surface area contributed by atoms with Crippen LogP contribution in [0.1, 0.15) is 45.8 Å². The van der Waals surface area contributed by atoms with Crippen LogP contribution < -0.4 is 5.32 Å². The van der Waals surface area contributed by atoms with E-state index in [1.165, 1.54) is 12.8 Å². The molecule has 11 nitrogen and oxygen atoms in total. The molecule has 0 radical (unpaired) electrons. The summed E-state index contributed by atoms with van der Waals surface area (Å²) in [4.78, 5) is 27.0. The first-order valence-electron chi connectivity index (χ1n) is 11.0. The molecule has 3 N–H and O–H groups in total. The molecule has 4 atom stereocenters. The van der Waals surface area contributed by atoms with Crippen LogP contribution in [0.3, 0.4) is 0 Å². The SMILES string of the molecule is CC1(C)O[C@@H]2[C@H](O1)[C@@H](COCP(=O)(O)O)O[C@H]2n1ccc2c(NC3CCCC3)nc(Cl)nc21. The van der Waals surface area contributed by atoms with Crippen molar-refractivity contribution in [3.8, 4) is 0 Å². The summed E-state index contributed by atoms with van der Waals surface area (Å²) in [5, 5.41) is 4.45. The Hall–Kier alpha value is -1.30. The molecule has 33 heavy (non-hydrogen) atoms. The van der Waals surface area contributed by atoms with Crippen molar-refractivity contribution in [2.24, 2.45) is 0 Å². The maximum atomic E-state index is 11.2. The molecule has 0 amide bonds. The van der Waals surface area contributed by atoms with Crippen LogP contribution in [-0.4, -0.2) is 67.4 Å². The monoisotopic (exact) mass is 502 g/mol. The Balaban J connectivity index is 1.43. The Labute approximate surface area is 195 Å². The summed E-state index contributed by atoms with van der Waals surface area (Å²) in [7, 11) is -4.29. The zero-order chi connectivity index (χ0) is 23.4. The Morgan fingerprint density at radius 3 is 2.73 bits per heavy atom. The summed E-state index contributed by atoms with van der Waals surface area (Å²) < 4.78 is 36.6. The van der Waals surface area contributed by atoms with Crippen LogP contribution in [0.15, 0.2) is 12.3 Å². The van der Waals surface area contributed by atoms with E-state index in [0.29, 0.717) is 17.5 Å². The lowest BCUT2D eigenvalue weighted by Crippen LogP contribution is -2.33. The first-order chi connectivity index (χ1) is 15.6. The molecule has 2 aromatic rings. The van der Waals surface area contributed by atoms with Gasteiger partial charge in [-0.25, -0.2) is 4.98 Å². The van der Waals surface area contributed by atoms with E-state index in [0.717, 1.165) is 18.2 Å². The van der Waals surface area contributed by atoms with Gasteiger partial charge in [0.1, 0.15) is 36.1 Å². The minimum absolute atomic E-state index is 0.0500. The molecule has 0 unspecified atom stereocenters. The lowest BCUT2D eigenvalue weighted by molar-refractivity contribution is -0.201. The summed E-state index contributed by atoms with van der Waals surface area (Å²) >= 11 is 6.28. The predicted molar refractivity (Wildman–Crippen MR) is 119 cm³/mol. The quantitative estimate of drug-likeness (QED) is 0.382. The molecule has 13 heteroatoms. The molecule has 1 saturated carbocycles. The van der Waals surface area contributed by atoms with Gasteiger partial charge in [0.2, 0.25) is 5.28 Å². The summed E-state index contributed by atoms with van der Waals surface area (Å²) in [6.45, 7) is 3.57. The second kappa shape index (κ2) is 8.73. The van der Waals surface area contributed by atoms with Crippen LogP contribution in [-0.2, 0) is 23.5 Å². The highest BCUT2D eigenvalue weighted by Gasteiger charge is 2.56. The van der Waals surface area contributed by atoms with E-state index in [1.807, 2.05) is 30.7 Å². The number of ether oxygens (including phenoxy) is 4. The smallest absolute Gasteiger partial charge is 0.350 e. The Morgan fingerprint density at radius 1 is 1.27 bits per heavy atom. The summed E-state index contributed by atoms with van der Waals surface area (Å²) in [5.74, 6) is -0.153. The first kappa shape index (κ1) is 23.4. The number of hydrogen-bond acceptors (Lipinski definition) is 8. The van der Waals surface area contributed by atoms with E-state index < -0.39 is 44.3 Å². The van der Waals surface area contributed by atoms with Gasteiger partial charge in [-0.3, -0.25) is 4.57 Å². The van der Waals surface area contributed by atoms with E-state index in [2.05, 4.69) is 15.3 Å². The molecule has 182 valence electrons. The molecule has 5 rings (SSSR count). The van der Waals surface area contributed by atoms with Crippen LogP contribution >= 0.6 is 19.2 Å². The molecular weight excluding hydrogens is 475 g/mol. The van der Waals surface area contributed by atoms with Crippen molar-refractivity contribution in [1.29, 1.82) is 0 Å². The number of nitrogens with one attached hydrogen (secondary N) is 1. The third kappa shape index (κ3) is 4.92. The highest BCUT2D eigenvalue weighted by atomic mass is 35.5. The second-order valence-electron chi connectivity index (χ2n) is 9.22. The lowest BCUT2D eigenvalue weighted by Gasteiger charge is -2.25. The Kier molecular flexibility index (Phi) is 6.20. The molecule has 4 heterocycles. The number of rotatable bonds is 7. The van der Waals surface area contributed by atoms with Crippen LogP contribution in [0, 0.1) is 0 Å². The Morgan fingerprint density at radius 2 is 2.00 bits per heavy atom. The predicted octanol–water partition coefficient (Wildman–Crippen LogP) is 3.01. The third-order valence-electron chi connectivity index (χ3n) is 6.18. The van der Waals surface area contributed by atoms with E-state index in [9.17, 15) is 4.57 Å². The summed E-state index contributed by atoms with van der Waals surface area (Å²) in [6.07, 6.45) is 3.60. The maximum Gasteiger partial charge on any atom is 0.350 e. The van der Waals surface area contributed by atoms with Crippen LogP contribution in [0.2, 0.25) is 5.28 Å². The van der Waals surface area contributed by atoms with Crippen LogP contribution in [0.5, 0.6) is 0 Å². The van der Waals surface area contributed by atoms with Crippen LogP contribution in [0.4, 0.5) is 5.82 Å². The second-order valence-corrected chi connectivity index (χ2v) is 11.1. The van der Waals surface area contributed by atoms with Crippen molar-refractivity contribution < 1.29 is 33.3 Å². The summed E-state index contributed by atoms with van der Waals surface area (Å²) in [6, 6.07) is 2.28. The van der Waals surface area contributed by atoms with Crippen LogP contribution in [0.25, 0.3) is 11.0 Å². The first-order valence-corrected chi connectivity index (χ1v) is 13.2. The normalized spacial score (nSPS) is 29.7. The largest absolute Gasteiger partial charge is 0.367 e. The van der Waals surface area contributed by atoms with Gasteiger partial charge in [0.05, 0.1) is 12.0 Å². The minimum Gasteiger partial charge on any atom is -0.367 e. The molecule has 1 aliphatic carbocycles. The van der Waals surface area contributed by atoms with Crippen molar-refractivity contribution >= 4 is 36.0 Å². The molecule has 3 aliphatic rings. The Bertz CT molecular complexity index is 1070. The molecule has 0 spiro atoms. The molecule has 2 aromatic heterocycles. The lowest BCUT2D eigenvalue weighted by atomic mass is 10.1. The number of fused-ring (bicyclic) bond motifs is 2. The number of nitrogens with zero attached hydrogens (tertiary/aromatic N) is 3. The van der Waals surface area contributed by atoms with Gasteiger partial charge in [0, 0.05) is 12.2 Å². The average Bonchev–Trinajstić information content (AvgIpc) is 3.46. The van der Waals surface area contributed by atoms with Gasteiger partial charge in [-0.1, -0.05) is 12.8 Å². The van der Waals surface area contributed by atoms with E-state index in [4.69, 9.17) is 40.3 Å². The molecule has 2 saturated heterocycles. The maximum absolute atomic E-state index is 11.2. The van der Waals surface area contributed by atoms with Gasteiger partial charge >= 0.3 is 7.60 Å². The van der Waals surface area contributed by atoms with E-state index >= 15 is 0 Å². The van der Waals surface area contributed by atoms with Crippen molar-refractivity contribution in [2.45, 2.75) is 75.9 Å². The molecule has 0 aromatic carbocycles. The highest BCUT2D eigenvalue weighted by molar-refractivity contribution is 7.51. The number of aromatic nitrogens is 3. The van der Waals surface area contributed by atoms with Gasteiger partial charge in [-0.2, -0.15) is 4.98 Å². The zero-order valence-electron chi connectivity index (χ0n) is 18.4. The standard InChI is InChI=1S/C20H28ClN4O7P/c1-20(2)31-14-13(9-29-10-33(26,27)28)30-18(15(14)32-20)25-8-7-12-16(22-11-5-3-4-6-11)23-19(21)24-17(12)25/h7-8,11,13-15,18H,3-6,9-10H2,1-2H3,(H,22,23,24)(H2,26,27,28)/t13-,14-,15-,18-/m1/s1. The van der Waals surface area contributed by atoms with Crippen molar-refractivity contribution in [3.05, 3.63) is 17.5 Å². The van der Waals surface area contributed by atoms with Gasteiger partial charge < -0.3 is 38.6 Å². The van der Waals surface area contributed by atoms with E-state index in [1.54, 1.807) is 0 Å². The fourth-order valence-corrected chi connectivity index (χ4v) is 5.40. The number of hydrogen-bond donors (Lipinski definition) is 3. The van der Waals surface area contributed by atoms with Gasteiger partial charge in [-0.15, -0.1) is 0 Å². The third-order valence-corrected chi connectivity index (χ3v) is 6.87. The topological polar surface area (TPSA) is 137 Å². The molecule has 3 fully saturated rings. The summed E-state index contributed by atoms with van der Waals surface area (Å²) in [5.41, 5.74) is 0.601. The fourth-order valence-electron chi connectivity index (χ4n) is 4.89. The fraction of sp³-hybridized carbons (Fsp3) is 0.700. The minimum atomic E-state index is -4.29. The molecule has 2 aliphatic heterocycles. The molecular formula is C20H28ClN4O7P. The zero-order valence-corrected chi connectivity index (χ0v) is 20.0. The van der Waals surface area contributed by atoms with E-state index in [-0.39, 0.29) is 11.9 Å².